The molecule has 24 heavy (non-hydrogen) atoms. The van der Waals surface area contributed by atoms with E-state index >= 15 is 0 Å². The summed E-state index contributed by atoms with van der Waals surface area (Å²) < 4.78 is 11.4. The Morgan fingerprint density at radius 3 is 2.92 bits per heavy atom. The number of carbonyl (C=O) groups is 1. The topological polar surface area (TPSA) is 75.5 Å². The quantitative estimate of drug-likeness (QED) is 0.556. The van der Waals surface area contributed by atoms with E-state index in [4.69, 9.17) is 25.9 Å². The maximum absolute atomic E-state index is 11.1. The van der Waals surface area contributed by atoms with Gasteiger partial charge in [0, 0.05) is 21.9 Å². The van der Waals surface area contributed by atoms with Crippen molar-refractivity contribution in [2.45, 2.75) is 6.61 Å². The normalized spacial score (nSPS) is 11.2. The third-order valence-electron chi connectivity index (χ3n) is 3.86. The van der Waals surface area contributed by atoms with Crippen LogP contribution >= 0.6 is 11.6 Å². The first-order valence-electron chi connectivity index (χ1n) is 7.26. The van der Waals surface area contributed by atoms with Crippen molar-refractivity contribution < 1.29 is 19.1 Å². The van der Waals surface area contributed by atoms with Gasteiger partial charge in [-0.2, -0.15) is 0 Å². The molecule has 0 radical (unpaired) electrons. The van der Waals surface area contributed by atoms with E-state index in [0.29, 0.717) is 27.3 Å². The first-order valence-corrected chi connectivity index (χ1v) is 7.63. The number of H-pyrrole nitrogens is 1. The summed E-state index contributed by atoms with van der Waals surface area (Å²) >= 11 is 6.23. The Balaban J connectivity index is 1.68. The Labute approximate surface area is 141 Å². The molecule has 0 aliphatic rings. The summed E-state index contributed by atoms with van der Waals surface area (Å²) in [5.41, 5.74) is 2.37. The Bertz CT molecular complexity index is 1060. The highest BCUT2D eigenvalue weighted by atomic mass is 35.5. The lowest BCUT2D eigenvalue weighted by molar-refractivity contribution is 0.0691. The predicted molar refractivity (Wildman–Crippen MR) is 90.8 cm³/mol. The van der Waals surface area contributed by atoms with Gasteiger partial charge in [-0.05, 0) is 30.3 Å². The van der Waals surface area contributed by atoms with E-state index in [-0.39, 0.29) is 12.3 Å². The summed E-state index contributed by atoms with van der Waals surface area (Å²) in [6.07, 6.45) is 1.62. The monoisotopic (exact) mass is 341 g/mol. The van der Waals surface area contributed by atoms with Crippen LogP contribution in [0.1, 0.15) is 16.1 Å². The van der Waals surface area contributed by atoms with Crippen molar-refractivity contribution in [1.82, 2.24) is 4.98 Å². The van der Waals surface area contributed by atoms with Crippen molar-refractivity contribution in [2.24, 2.45) is 0 Å². The van der Waals surface area contributed by atoms with Crippen molar-refractivity contribution in [3.63, 3.8) is 0 Å². The van der Waals surface area contributed by atoms with Gasteiger partial charge in [0.1, 0.15) is 23.6 Å². The number of carboxylic acids is 1. The zero-order valence-corrected chi connectivity index (χ0v) is 13.1. The predicted octanol–water partition coefficient (Wildman–Crippen LogP) is 4.84. The lowest BCUT2D eigenvalue weighted by Crippen LogP contribution is -1.95. The van der Waals surface area contributed by atoms with E-state index < -0.39 is 5.97 Å². The van der Waals surface area contributed by atoms with E-state index in [9.17, 15) is 4.79 Å². The SMILES string of the molecule is O=C(O)c1cc2c(OCc3coc4cccc(Cl)c34)cccc2[nH]1. The molecule has 0 fully saturated rings. The van der Waals surface area contributed by atoms with Gasteiger partial charge in [-0.3, -0.25) is 0 Å². The molecule has 2 heterocycles. The maximum atomic E-state index is 11.1. The largest absolute Gasteiger partial charge is 0.488 e. The lowest BCUT2D eigenvalue weighted by atomic mass is 10.2. The third kappa shape index (κ3) is 2.39. The average molecular weight is 342 g/mol. The second-order valence-corrected chi connectivity index (χ2v) is 5.78. The number of aromatic amines is 1. The smallest absolute Gasteiger partial charge is 0.352 e. The molecule has 4 aromatic rings. The molecule has 0 aliphatic heterocycles. The van der Waals surface area contributed by atoms with Crippen LogP contribution in [0.2, 0.25) is 5.02 Å². The fourth-order valence-electron chi connectivity index (χ4n) is 2.74. The number of aromatic nitrogens is 1. The van der Waals surface area contributed by atoms with Crippen molar-refractivity contribution in [1.29, 1.82) is 0 Å². The molecular formula is C18H12ClNO4. The highest BCUT2D eigenvalue weighted by Crippen LogP contribution is 2.31. The number of halogens is 1. The van der Waals surface area contributed by atoms with Crippen LogP contribution in [0.25, 0.3) is 21.9 Å². The highest BCUT2D eigenvalue weighted by Gasteiger charge is 2.13. The van der Waals surface area contributed by atoms with Crippen LogP contribution in [0, 0.1) is 0 Å². The number of hydrogen-bond acceptors (Lipinski definition) is 3. The Hall–Kier alpha value is -2.92. The van der Waals surface area contributed by atoms with Crippen LogP contribution in [0.15, 0.2) is 53.1 Å². The molecule has 4 rings (SSSR count). The number of carboxylic acid groups (broad SMARTS) is 1. The Kier molecular flexibility index (Phi) is 3.43. The van der Waals surface area contributed by atoms with Crippen molar-refractivity contribution >= 4 is 39.4 Å². The molecular weight excluding hydrogens is 330 g/mol. The van der Waals surface area contributed by atoms with Gasteiger partial charge in [0.2, 0.25) is 0 Å². The third-order valence-corrected chi connectivity index (χ3v) is 4.18. The zero-order valence-electron chi connectivity index (χ0n) is 12.4. The molecule has 5 nitrogen and oxygen atoms in total. The number of fused-ring (bicyclic) bond motifs is 2. The molecule has 0 atom stereocenters. The van der Waals surface area contributed by atoms with Crippen molar-refractivity contribution in [3.8, 4) is 5.75 Å². The summed E-state index contributed by atoms with van der Waals surface area (Å²) in [5.74, 6) is -0.414. The number of furan rings is 1. The average Bonchev–Trinajstić information content (AvgIpc) is 3.18. The summed E-state index contributed by atoms with van der Waals surface area (Å²) in [5, 5.41) is 11.3. The first kappa shape index (κ1) is 14.7. The molecule has 0 aliphatic carbocycles. The zero-order chi connectivity index (χ0) is 16.7. The Morgan fingerprint density at radius 1 is 1.25 bits per heavy atom. The fourth-order valence-corrected chi connectivity index (χ4v) is 3.03. The van der Waals surface area contributed by atoms with E-state index in [1.807, 2.05) is 12.1 Å². The number of aromatic carboxylic acids is 1. The van der Waals surface area contributed by atoms with E-state index in [2.05, 4.69) is 4.98 Å². The minimum atomic E-state index is -1.01. The van der Waals surface area contributed by atoms with Crippen LogP contribution in [0.3, 0.4) is 0 Å². The molecule has 0 spiro atoms. The molecule has 0 saturated carbocycles. The summed E-state index contributed by atoms with van der Waals surface area (Å²) in [6.45, 7) is 0.267. The summed E-state index contributed by atoms with van der Waals surface area (Å²) in [7, 11) is 0. The van der Waals surface area contributed by atoms with Gasteiger partial charge in [0.25, 0.3) is 0 Å². The molecule has 120 valence electrons. The van der Waals surface area contributed by atoms with Gasteiger partial charge < -0.3 is 19.2 Å². The first-order chi connectivity index (χ1) is 11.6. The van der Waals surface area contributed by atoms with Crippen LogP contribution in [-0.4, -0.2) is 16.1 Å². The van der Waals surface area contributed by atoms with Crippen LogP contribution in [-0.2, 0) is 6.61 Å². The van der Waals surface area contributed by atoms with Gasteiger partial charge in [-0.25, -0.2) is 4.79 Å². The van der Waals surface area contributed by atoms with E-state index in [1.54, 1.807) is 36.6 Å². The molecule has 0 bridgehead atoms. The molecule has 0 amide bonds. The molecule has 0 unspecified atom stereocenters. The number of nitrogens with one attached hydrogen (secondary N) is 1. The molecule has 2 aromatic heterocycles. The highest BCUT2D eigenvalue weighted by molar-refractivity contribution is 6.35. The van der Waals surface area contributed by atoms with E-state index in [1.165, 1.54) is 0 Å². The number of rotatable bonds is 4. The lowest BCUT2D eigenvalue weighted by Gasteiger charge is -2.06. The van der Waals surface area contributed by atoms with Gasteiger partial charge in [0.15, 0.2) is 0 Å². The molecule has 2 N–H and O–H groups in total. The van der Waals surface area contributed by atoms with Crippen molar-refractivity contribution in [3.05, 3.63) is 65.0 Å². The number of ether oxygens (including phenoxy) is 1. The van der Waals surface area contributed by atoms with Gasteiger partial charge >= 0.3 is 5.97 Å². The van der Waals surface area contributed by atoms with Crippen molar-refractivity contribution in [2.75, 3.05) is 0 Å². The van der Waals surface area contributed by atoms with E-state index in [0.717, 1.165) is 10.9 Å². The van der Waals surface area contributed by atoms with Gasteiger partial charge in [0.05, 0.1) is 11.3 Å². The fraction of sp³-hybridized carbons (Fsp3) is 0.0556. The second kappa shape index (κ2) is 5.62. The van der Waals surface area contributed by atoms with Crippen LogP contribution in [0.4, 0.5) is 0 Å². The van der Waals surface area contributed by atoms with Gasteiger partial charge in [-0.15, -0.1) is 0 Å². The minimum Gasteiger partial charge on any atom is -0.488 e. The molecule has 2 aromatic carbocycles. The number of hydrogen-bond donors (Lipinski definition) is 2. The summed E-state index contributed by atoms with van der Waals surface area (Å²) in [6, 6.07) is 12.4. The summed E-state index contributed by atoms with van der Waals surface area (Å²) in [4.78, 5) is 14.0. The van der Waals surface area contributed by atoms with Gasteiger partial charge in [-0.1, -0.05) is 23.7 Å². The standard InChI is InChI=1S/C18H12ClNO4/c19-12-3-1-6-16-17(12)10(9-24-16)8-23-15-5-2-4-13-11(15)7-14(20-13)18(21)22/h1-7,9,20H,8H2,(H,21,22). The number of benzene rings is 2. The second-order valence-electron chi connectivity index (χ2n) is 5.37. The van der Waals surface area contributed by atoms with Crippen LogP contribution in [0.5, 0.6) is 5.75 Å². The Morgan fingerprint density at radius 2 is 2.08 bits per heavy atom. The minimum absolute atomic E-state index is 0.123. The molecule has 6 heteroatoms. The maximum Gasteiger partial charge on any atom is 0.352 e. The van der Waals surface area contributed by atoms with Crippen LogP contribution < -0.4 is 4.74 Å². The molecule has 0 saturated heterocycles.